The van der Waals surface area contributed by atoms with Crippen LogP contribution in [0.15, 0.2) is 59.9 Å². The second-order valence-corrected chi connectivity index (χ2v) is 7.38. The Hall–Kier alpha value is -3.79. The number of hydrogen-bond donors (Lipinski definition) is 1. The van der Waals surface area contributed by atoms with Crippen molar-refractivity contribution in [1.82, 2.24) is 14.1 Å². The minimum absolute atomic E-state index is 0. The third-order valence-corrected chi connectivity index (χ3v) is 5.55. The van der Waals surface area contributed by atoms with Gasteiger partial charge in [0.1, 0.15) is 5.75 Å². The molecule has 9 nitrogen and oxygen atoms in total. The Morgan fingerprint density at radius 2 is 1.84 bits per heavy atom. The number of nitro groups is 1. The van der Waals surface area contributed by atoms with Gasteiger partial charge in [0.05, 0.1) is 27.9 Å². The van der Waals surface area contributed by atoms with E-state index in [0.717, 1.165) is 0 Å². The highest BCUT2D eigenvalue weighted by molar-refractivity contribution is 8.93. The first-order valence-electron chi connectivity index (χ1n) is 9.64. The molecule has 0 amide bonds. The maximum Gasteiger partial charge on any atom is 0.270 e. The Bertz CT molecular complexity index is 1440. The van der Waals surface area contributed by atoms with Crippen LogP contribution in [0.5, 0.6) is 5.75 Å². The number of ketones is 1. The molecular formula is C22H17BrN4O5. The van der Waals surface area contributed by atoms with Crippen LogP contribution in [0.2, 0.25) is 0 Å². The number of imidazole rings is 1. The fraction of sp³-hybridized carbons (Fsp3) is 0.136. The topological polar surface area (TPSA) is 120 Å². The van der Waals surface area contributed by atoms with Crippen molar-refractivity contribution in [1.29, 1.82) is 0 Å². The molecule has 32 heavy (non-hydrogen) atoms. The summed E-state index contributed by atoms with van der Waals surface area (Å²) in [4.78, 5) is 41.3. The molecular weight excluding hydrogens is 480 g/mol. The van der Waals surface area contributed by atoms with Gasteiger partial charge in [-0.3, -0.25) is 19.7 Å². The SMILES string of the molecule is Br.O=C1c2ccc(O)cc2-c2c1c1ccc([N+](=O)[O-])cc1c(=O)n2CCCn1ccnc1. The van der Waals surface area contributed by atoms with Gasteiger partial charge in [0.25, 0.3) is 11.2 Å². The predicted octanol–water partition coefficient (Wildman–Crippen LogP) is 3.69. The third-order valence-electron chi connectivity index (χ3n) is 5.55. The number of non-ortho nitro benzene ring substituents is 1. The van der Waals surface area contributed by atoms with Gasteiger partial charge in [-0.25, -0.2) is 4.98 Å². The number of fused-ring (bicyclic) bond motifs is 5. The van der Waals surface area contributed by atoms with Crippen LogP contribution in [0, 0.1) is 10.1 Å². The summed E-state index contributed by atoms with van der Waals surface area (Å²) in [5.41, 5.74) is 1.02. The van der Waals surface area contributed by atoms with E-state index in [1.54, 1.807) is 12.5 Å². The number of rotatable bonds is 5. The van der Waals surface area contributed by atoms with E-state index >= 15 is 0 Å². The van der Waals surface area contributed by atoms with E-state index in [2.05, 4.69) is 4.98 Å². The lowest BCUT2D eigenvalue weighted by Crippen LogP contribution is -2.24. The lowest BCUT2D eigenvalue weighted by Gasteiger charge is -2.15. The number of nitro benzene ring substituents is 1. The summed E-state index contributed by atoms with van der Waals surface area (Å²) < 4.78 is 3.36. The van der Waals surface area contributed by atoms with Crippen LogP contribution in [-0.4, -0.2) is 29.9 Å². The van der Waals surface area contributed by atoms with Crippen molar-refractivity contribution in [3.63, 3.8) is 0 Å². The Kier molecular flexibility index (Phi) is 5.39. The van der Waals surface area contributed by atoms with Crippen molar-refractivity contribution in [3.8, 4) is 17.0 Å². The maximum atomic E-state index is 13.4. The van der Waals surface area contributed by atoms with Gasteiger partial charge in [0, 0.05) is 54.1 Å². The van der Waals surface area contributed by atoms with Gasteiger partial charge in [-0.2, -0.15) is 0 Å². The molecule has 1 aliphatic rings. The molecule has 0 fully saturated rings. The average Bonchev–Trinajstić information content (AvgIpc) is 3.36. The highest BCUT2D eigenvalue weighted by Crippen LogP contribution is 2.41. The highest BCUT2D eigenvalue weighted by Gasteiger charge is 2.33. The second kappa shape index (κ2) is 8.04. The van der Waals surface area contributed by atoms with Gasteiger partial charge in [-0.15, -0.1) is 17.0 Å². The van der Waals surface area contributed by atoms with Crippen LogP contribution in [0.25, 0.3) is 22.0 Å². The summed E-state index contributed by atoms with van der Waals surface area (Å²) >= 11 is 0. The molecule has 162 valence electrons. The number of pyridine rings is 1. The van der Waals surface area contributed by atoms with E-state index in [1.807, 2.05) is 10.8 Å². The van der Waals surface area contributed by atoms with E-state index in [0.29, 0.717) is 47.3 Å². The third kappa shape index (κ3) is 3.28. The molecule has 0 saturated heterocycles. The summed E-state index contributed by atoms with van der Waals surface area (Å²) in [6, 6.07) is 8.40. The number of benzene rings is 2. The van der Waals surface area contributed by atoms with Gasteiger partial charge in [0.15, 0.2) is 5.78 Å². The number of hydrogen-bond acceptors (Lipinski definition) is 6. The van der Waals surface area contributed by atoms with Crippen LogP contribution in [0.3, 0.4) is 0 Å². The zero-order valence-corrected chi connectivity index (χ0v) is 18.3. The van der Waals surface area contributed by atoms with Crippen molar-refractivity contribution in [2.75, 3.05) is 0 Å². The molecule has 1 aliphatic carbocycles. The Balaban J connectivity index is 0.00000245. The lowest BCUT2D eigenvalue weighted by molar-refractivity contribution is -0.384. The number of aromatic nitrogens is 3. The van der Waals surface area contributed by atoms with Crippen molar-refractivity contribution in [2.45, 2.75) is 19.5 Å². The van der Waals surface area contributed by atoms with Crippen LogP contribution in [0.1, 0.15) is 22.3 Å². The van der Waals surface area contributed by atoms with Crippen molar-refractivity contribution in [3.05, 3.63) is 86.7 Å². The number of aromatic hydroxyl groups is 1. The highest BCUT2D eigenvalue weighted by atomic mass is 79.9. The summed E-state index contributed by atoms with van der Waals surface area (Å²) in [6.07, 6.45) is 5.73. The van der Waals surface area contributed by atoms with Gasteiger partial charge in [0.2, 0.25) is 0 Å². The molecule has 4 aromatic rings. The lowest BCUT2D eigenvalue weighted by atomic mass is 10.0. The zero-order chi connectivity index (χ0) is 21.7. The first kappa shape index (κ1) is 21.4. The van der Waals surface area contributed by atoms with Crippen molar-refractivity contribution < 1.29 is 14.8 Å². The quantitative estimate of drug-likeness (QED) is 0.292. The van der Waals surface area contributed by atoms with Gasteiger partial charge in [-0.1, -0.05) is 0 Å². The molecule has 10 heteroatoms. The van der Waals surface area contributed by atoms with Crippen LogP contribution in [-0.2, 0) is 13.1 Å². The number of nitrogens with zero attached hydrogens (tertiary/aromatic N) is 4. The smallest absolute Gasteiger partial charge is 0.270 e. The fourth-order valence-electron chi connectivity index (χ4n) is 4.16. The van der Waals surface area contributed by atoms with Crippen LogP contribution >= 0.6 is 17.0 Å². The molecule has 2 heterocycles. The summed E-state index contributed by atoms with van der Waals surface area (Å²) in [5, 5.41) is 21.7. The predicted molar refractivity (Wildman–Crippen MR) is 123 cm³/mol. The molecule has 0 bridgehead atoms. The minimum atomic E-state index is -0.565. The van der Waals surface area contributed by atoms with E-state index in [-0.39, 0.29) is 39.6 Å². The Morgan fingerprint density at radius 3 is 2.56 bits per heavy atom. The maximum absolute atomic E-state index is 13.4. The van der Waals surface area contributed by atoms with Crippen LogP contribution < -0.4 is 5.56 Å². The monoisotopic (exact) mass is 496 g/mol. The Labute approximate surface area is 191 Å². The number of carbonyl (C=O) groups excluding carboxylic acids is 1. The first-order chi connectivity index (χ1) is 15.0. The summed E-state index contributed by atoms with van der Waals surface area (Å²) in [6.45, 7) is 0.898. The van der Waals surface area contributed by atoms with E-state index in [1.165, 1.54) is 41.0 Å². The fourth-order valence-corrected chi connectivity index (χ4v) is 4.16. The van der Waals surface area contributed by atoms with Crippen LogP contribution in [0.4, 0.5) is 5.69 Å². The van der Waals surface area contributed by atoms with Gasteiger partial charge in [-0.05, 0) is 30.7 Å². The summed E-state index contributed by atoms with van der Waals surface area (Å²) in [5.74, 6) is -0.284. The average molecular weight is 497 g/mol. The van der Waals surface area contributed by atoms with Crippen molar-refractivity contribution >= 4 is 39.2 Å². The first-order valence-corrected chi connectivity index (χ1v) is 9.64. The molecule has 2 aromatic carbocycles. The van der Waals surface area contributed by atoms with E-state index in [9.17, 15) is 24.8 Å². The standard InChI is InChI=1S/C22H16N4O5.BrH/c27-14-3-5-16-17(11-14)20-19(21(16)28)15-4-2-13(26(30)31)10-18(15)22(29)25(20)8-1-7-24-9-6-23-12-24;/h2-6,9-12,27H,1,7-8H2;1H. The number of carbonyl (C=O) groups is 1. The van der Waals surface area contributed by atoms with Crippen molar-refractivity contribution in [2.24, 2.45) is 0 Å². The van der Waals surface area contributed by atoms with Gasteiger partial charge < -0.3 is 14.2 Å². The molecule has 0 aliphatic heterocycles. The molecule has 0 spiro atoms. The number of phenols is 1. The van der Waals surface area contributed by atoms with E-state index in [4.69, 9.17) is 0 Å². The molecule has 2 aromatic heterocycles. The number of halogens is 1. The molecule has 1 N–H and O–H groups in total. The Morgan fingerprint density at radius 1 is 1.03 bits per heavy atom. The number of aryl methyl sites for hydroxylation is 1. The van der Waals surface area contributed by atoms with Gasteiger partial charge >= 0.3 is 0 Å². The molecule has 0 saturated carbocycles. The zero-order valence-electron chi connectivity index (χ0n) is 16.6. The molecule has 5 rings (SSSR count). The number of phenolic OH excluding ortho intramolecular Hbond substituents is 1. The molecule has 0 unspecified atom stereocenters. The summed E-state index contributed by atoms with van der Waals surface area (Å²) in [7, 11) is 0. The second-order valence-electron chi connectivity index (χ2n) is 7.38. The minimum Gasteiger partial charge on any atom is -0.508 e. The normalized spacial score (nSPS) is 11.8. The molecule has 0 atom stereocenters. The molecule has 0 radical (unpaired) electrons. The largest absolute Gasteiger partial charge is 0.508 e. The van der Waals surface area contributed by atoms with E-state index < -0.39 is 10.5 Å².